The van der Waals surface area contributed by atoms with E-state index in [1.165, 1.54) is 10.5 Å². The number of rotatable bonds is 17. The second kappa shape index (κ2) is 47.4. The van der Waals surface area contributed by atoms with Crippen LogP contribution in [-0.4, -0.2) is 151 Å². The molecule has 142 heavy (non-hydrogen) atoms. The van der Waals surface area contributed by atoms with Crippen LogP contribution >= 0.6 is 46.9 Å². The molecule has 0 amide bonds. The van der Waals surface area contributed by atoms with E-state index >= 15 is 0 Å². The number of anilines is 2. The number of hydrogen-bond acceptors (Lipinski definition) is 28. The molecule has 0 saturated carbocycles. The van der Waals surface area contributed by atoms with Gasteiger partial charge in [0, 0.05) is 126 Å². The number of aromatic nitrogens is 9. The summed E-state index contributed by atoms with van der Waals surface area (Å²) in [5, 5.41) is 85.0. The van der Waals surface area contributed by atoms with Crippen molar-refractivity contribution in [2.75, 3.05) is 36.0 Å². The van der Waals surface area contributed by atoms with Gasteiger partial charge in [0.25, 0.3) is 0 Å². The lowest BCUT2D eigenvalue weighted by Gasteiger charge is -2.36. The maximum Gasteiger partial charge on any atom is 0.495 e. The molecule has 8 aliphatic heterocycles. The second-order valence-electron chi connectivity index (χ2n) is 33.3. The summed E-state index contributed by atoms with van der Waals surface area (Å²) in [4.78, 5) is 26.0. The summed E-state index contributed by atoms with van der Waals surface area (Å²) in [5.74, 6) is 4.75. The second-order valence-corrected chi connectivity index (χ2v) is 37.1. The van der Waals surface area contributed by atoms with E-state index in [2.05, 4.69) is 91.5 Å². The summed E-state index contributed by atoms with van der Waals surface area (Å²) in [7, 11) is -5.83. The van der Waals surface area contributed by atoms with Crippen LogP contribution in [0.1, 0.15) is 50.1 Å². The number of aromatic amines is 2. The van der Waals surface area contributed by atoms with E-state index in [-0.39, 0.29) is 12.4 Å². The molecule has 708 valence electrons. The molecule has 9 N–H and O–H groups in total. The van der Waals surface area contributed by atoms with Crippen LogP contribution in [0.3, 0.4) is 0 Å². The van der Waals surface area contributed by atoms with Gasteiger partial charge in [-0.15, -0.1) is 10.2 Å². The van der Waals surface area contributed by atoms with E-state index in [1.807, 2.05) is 280 Å². The van der Waals surface area contributed by atoms with Crippen LogP contribution in [0.5, 0.6) is 28.7 Å². The molecule has 12 aromatic carbocycles. The Balaban J connectivity index is 0.000000110. The molecule has 17 aromatic rings. The molecule has 40 heteroatoms. The van der Waals surface area contributed by atoms with Gasteiger partial charge >= 0.3 is 49.8 Å². The lowest BCUT2D eigenvalue weighted by atomic mass is 9.79. The Kier molecular flexibility index (Phi) is 33.1. The maximum atomic E-state index is 10.0. The lowest BCUT2D eigenvalue weighted by Crippen LogP contribution is -3.00. The third-order valence-electron chi connectivity index (χ3n) is 23.9. The van der Waals surface area contributed by atoms with Gasteiger partial charge < -0.3 is 109 Å². The molecule has 25 rings (SSSR count). The third kappa shape index (κ3) is 24.7. The Hall–Kier alpha value is -12.8. The number of fused-ring (bicyclic) bond motifs is 8. The minimum absolute atomic E-state index is 0. The number of piperazine rings is 1. The molecule has 1 saturated heterocycles. The van der Waals surface area contributed by atoms with Crippen LogP contribution in [-0.2, 0) is 85.4 Å². The van der Waals surface area contributed by atoms with Gasteiger partial charge in [0.1, 0.15) is 40.4 Å². The van der Waals surface area contributed by atoms with Crippen molar-refractivity contribution in [1.82, 2.24) is 40.1 Å². The predicted molar refractivity (Wildman–Crippen MR) is 548 cm³/mol. The zero-order chi connectivity index (χ0) is 96.5. The Labute approximate surface area is 845 Å². The predicted octanol–water partition coefficient (Wildman–Crippen LogP) is 8.36. The molecule has 28 nitrogen and oxygen atoms in total. The zero-order valence-corrected chi connectivity index (χ0v) is 80.4. The van der Waals surface area contributed by atoms with Crippen LogP contribution in [0.2, 0.25) is 5.02 Å². The average molecular weight is 1980 g/mol. The maximum absolute atomic E-state index is 10.0. The summed E-state index contributed by atoms with van der Waals surface area (Å²) < 4.78 is 56.0. The van der Waals surface area contributed by atoms with E-state index in [1.54, 1.807) is 53.9 Å². The van der Waals surface area contributed by atoms with Crippen molar-refractivity contribution in [1.29, 1.82) is 0 Å². The van der Waals surface area contributed by atoms with E-state index < -0.39 is 49.8 Å². The van der Waals surface area contributed by atoms with Crippen molar-refractivity contribution in [2.45, 2.75) is 89.3 Å². The van der Waals surface area contributed by atoms with E-state index in [0.717, 1.165) is 168 Å². The molecule has 0 radical (unpaired) electrons. The fourth-order valence-corrected chi connectivity index (χ4v) is 19.4. The summed E-state index contributed by atoms with van der Waals surface area (Å²) in [6, 6.07) is 94.3. The van der Waals surface area contributed by atoms with Crippen molar-refractivity contribution in [3.05, 3.63) is 383 Å². The fraction of sp³-hybridized carbons (Fsp3) is 0.127. The van der Waals surface area contributed by atoms with E-state index in [9.17, 15) is 35.2 Å². The molecular formula is C102H90B7Cl2N11O17S3. The lowest BCUT2D eigenvalue weighted by molar-refractivity contribution is -0.378. The van der Waals surface area contributed by atoms with Gasteiger partial charge in [0.2, 0.25) is 11.8 Å². The largest absolute Gasteiger partial charge is 1.00 e. The first-order chi connectivity index (χ1) is 69.0. The molecule has 5 aromatic heterocycles. The summed E-state index contributed by atoms with van der Waals surface area (Å²) in [6.07, 6.45) is 11.2. The number of aryl methyl sites for hydroxylation is 1. The average Bonchev–Trinajstić information content (AvgIpc) is 1.61. The first-order valence-electron chi connectivity index (χ1n) is 45.5. The molecule has 1 fully saturated rings. The Morgan fingerprint density at radius 1 is 0.408 bits per heavy atom. The van der Waals surface area contributed by atoms with Crippen LogP contribution < -0.4 is 79.6 Å². The van der Waals surface area contributed by atoms with Crippen molar-refractivity contribution in [3.63, 3.8) is 0 Å². The molecule has 0 spiro atoms. The van der Waals surface area contributed by atoms with E-state index in [4.69, 9.17) is 58.4 Å². The highest BCUT2D eigenvalue weighted by atomic mass is 35.5. The van der Waals surface area contributed by atoms with Crippen LogP contribution in [0, 0.1) is 6.92 Å². The van der Waals surface area contributed by atoms with Gasteiger partial charge in [0.15, 0.2) is 12.4 Å². The number of benzene rings is 12. The molecule has 0 aliphatic carbocycles. The third-order valence-corrected chi connectivity index (χ3v) is 27.2. The standard InChI is InChI=1S/C21H15BClNO2S.C15H17BN4O2.C14H11BN4O3.2C14H13BO3.2C12H10BNO2S.ClH/c23-15-7-9-20-18(10-15)21(27-17-4-2-1-3-5-17)12-24(20)16-8-6-14-13-26-22(25)19(14)11-16;21-16-14-10-13(3-2-12(14)11-22-16)19-6-8-20(9-7-19)15-17-4-1-5-18-15;20-15-13-10(8-21-15)2-1-3-12(13)22-11-6-4-9(5-7-11)14-16-18-19-17-14;1-10-2-5-12(6-3-10)18-13-7-4-11-9-17-15(16)14(11)8-13;16-15-14-12(10-18-15)7-4-8-13(14)17-9-11-5-2-1-3-6-11;15-13-12-7-11(2-1-9(12)8-16-13)17-10-3-5-14-6-4-10;15-13-11-7-10(5-4-9(11)8-16-13)17-12-3-1-2-6-14-12;/h1-12,25H,13H2;1-5,10,21H,6-9,11H2;1-7,20H,8H2,(H,16,17,18,19);2-8,16H,9H2,1H3;1-8,16H,9-10H2;2*1-7,15H,8H2;1H. The SMILES string of the molecule is Cc1ccc(Oc2ccc3c(c2)B(O)OC3)cc1.OB1OCc2ccc(-n3cc(Sc4ccccc4)c4cc(Cl)ccc43)cc21.OB1OCc2ccc(N3CCN(c4ncccn4)CC3)cc21.OB1OCc2ccc(Sc3cc[nH+]cc3)cc21.OB1OCc2ccc(Sc3ccccn3)cc21.OB1OCc2cccc(OCc3ccccc3)c21.OB1OCc2cccc(Oc3ccc(-c4nn[nH]n4)cc3)c21.[Cl-]. The van der Waals surface area contributed by atoms with Gasteiger partial charge in [-0.1, -0.05) is 174 Å². The highest BCUT2D eigenvalue weighted by molar-refractivity contribution is 8.00. The van der Waals surface area contributed by atoms with Crippen LogP contribution in [0.15, 0.2) is 358 Å². The molecular weight excluding hydrogens is 1890 g/mol. The molecule has 0 unspecified atom stereocenters. The first-order valence-corrected chi connectivity index (χ1v) is 48.3. The Morgan fingerprint density at radius 3 is 1.50 bits per heavy atom. The highest BCUT2D eigenvalue weighted by Gasteiger charge is 2.36. The number of H-pyrrole nitrogens is 2. The molecule has 8 aliphatic rings. The van der Waals surface area contributed by atoms with Crippen molar-refractivity contribution >= 4 is 157 Å². The van der Waals surface area contributed by atoms with Crippen LogP contribution in [0.4, 0.5) is 11.6 Å². The van der Waals surface area contributed by atoms with Gasteiger partial charge in [-0.05, 0) is 242 Å². The summed E-state index contributed by atoms with van der Waals surface area (Å²) in [5.41, 5.74) is 19.2. The van der Waals surface area contributed by atoms with Crippen LogP contribution in [0.25, 0.3) is 28.0 Å². The van der Waals surface area contributed by atoms with Crippen molar-refractivity contribution in [3.8, 4) is 45.8 Å². The van der Waals surface area contributed by atoms with Gasteiger partial charge in [-0.3, -0.25) is 0 Å². The highest BCUT2D eigenvalue weighted by Crippen LogP contribution is 2.39. The monoisotopic (exact) mass is 1980 g/mol. The number of tetrazole rings is 1. The molecule has 13 heterocycles. The molecule has 0 atom stereocenters. The number of nitrogens with one attached hydrogen (secondary N) is 2. The number of pyridine rings is 2. The number of ether oxygens (including phenoxy) is 3. The Morgan fingerprint density at radius 2 is 0.901 bits per heavy atom. The van der Waals surface area contributed by atoms with Gasteiger partial charge in [-0.2, -0.15) is 5.21 Å². The van der Waals surface area contributed by atoms with Gasteiger partial charge in [0.05, 0.1) is 51.8 Å². The smallest absolute Gasteiger partial charge is 0.495 e. The summed E-state index contributed by atoms with van der Waals surface area (Å²) in [6.45, 7) is 9.36. The quantitative estimate of drug-likeness (QED) is 0.0397. The minimum Gasteiger partial charge on any atom is -1.00 e. The normalized spacial score (nSPS) is 14.1. The van der Waals surface area contributed by atoms with Crippen molar-refractivity contribution in [2.24, 2.45) is 0 Å². The first kappa shape index (κ1) is 99.3. The minimum atomic E-state index is -0.940. The number of hydrogen-bond donors (Lipinski definition) is 8. The van der Waals surface area contributed by atoms with Gasteiger partial charge in [-0.25, -0.2) is 19.9 Å². The van der Waals surface area contributed by atoms with E-state index in [0.29, 0.717) is 92.2 Å². The topological polar surface area (TPSA) is 353 Å². The molecule has 0 bridgehead atoms. The Bertz CT molecular complexity index is 7030. The number of halogens is 2. The summed E-state index contributed by atoms with van der Waals surface area (Å²) >= 11 is 11.2. The zero-order valence-electron chi connectivity index (χ0n) is 76.4. The van der Waals surface area contributed by atoms with Crippen molar-refractivity contribution < 1.29 is 99.4 Å². The number of nitrogens with zero attached hydrogens (tertiary/aromatic N) is 9. The fourth-order valence-electron chi connectivity index (χ4n) is 16.6.